The number of para-hydroxylation sites is 1. The van der Waals surface area contributed by atoms with E-state index in [4.69, 9.17) is 4.74 Å². The van der Waals surface area contributed by atoms with Gasteiger partial charge in [-0.1, -0.05) is 45.9 Å². The van der Waals surface area contributed by atoms with Crippen LogP contribution in [0.15, 0.2) is 42.5 Å². The Morgan fingerprint density at radius 2 is 1.69 bits per heavy atom. The van der Waals surface area contributed by atoms with Crippen molar-refractivity contribution in [1.29, 1.82) is 0 Å². The lowest BCUT2D eigenvalue weighted by atomic mass is 10.0. The zero-order valence-electron chi connectivity index (χ0n) is 19.3. The van der Waals surface area contributed by atoms with Crippen LogP contribution < -0.4 is 10.2 Å². The Morgan fingerprint density at radius 1 is 1.06 bits per heavy atom. The number of esters is 1. The number of carbonyl (C=O) groups excluding carboxylic acids is 3. The number of aryl methyl sites for hydroxylation is 2. The first-order chi connectivity index (χ1) is 15.3. The van der Waals surface area contributed by atoms with E-state index in [0.717, 1.165) is 29.7 Å². The van der Waals surface area contributed by atoms with Gasteiger partial charge in [-0.25, -0.2) is 4.79 Å². The molecule has 0 radical (unpaired) electrons. The third-order valence-electron chi connectivity index (χ3n) is 5.67. The molecule has 32 heavy (non-hydrogen) atoms. The summed E-state index contributed by atoms with van der Waals surface area (Å²) in [6.07, 6.45) is 1.85. The van der Waals surface area contributed by atoms with Gasteiger partial charge in [-0.3, -0.25) is 9.59 Å². The van der Waals surface area contributed by atoms with Gasteiger partial charge in [0.1, 0.15) is 0 Å². The predicted molar refractivity (Wildman–Crippen MR) is 126 cm³/mol. The van der Waals surface area contributed by atoms with Crippen LogP contribution in [0.2, 0.25) is 0 Å². The molecule has 1 heterocycles. The molecule has 1 fully saturated rings. The fourth-order valence-corrected chi connectivity index (χ4v) is 3.92. The molecule has 6 heteroatoms. The number of carbonyl (C=O) groups is 3. The summed E-state index contributed by atoms with van der Waals surface area (Å²) in [4.78, 5) is 39.5. The Labute approximate surface area is 189 Å². The summed E-state index contributed by atoms with van der Waals surface area (Å²) in [7, 11) is 0. The highest BCUT2D eigenvalue weighted by atomic mass is 16.5. The van der Waals surface area contributed by atoms with E-state index in [-0.39, 0.29) is 30.1 Å². The third kappa shape index (κ3) is 5.36. The van der Waals surface area contributed by atoms with E-state index in [1.54, 1.807) is 29.2 Å². The Bertz CT molecular complexity index is 960. The zero-order chi connectivity index (χ0) is 23.3. The van der Waals surface area contributed by atoms with Crippen molar-refractivity contribution in [2.45, 2.75) is 47.0 Å². The average molecular weight is 437 g/mol. The molecule has 1 aliphatic rings. The van der Waals surface area contributed by atoms with Crippen molar-refractivity contribution < 1.29 is 19.1 Å². The van der Waals surface area contributed by atoms with Gasteiger partial charge in [0.05, 0.1) is 18.1 Å². The molecule has 0 unspecified atom stereocenters. The van der Waals surface area contributed by atoms with Crippen molar-refractivity contribution in [1.82, 2.24) is 0 Å². The van der Waals surface area contributed by atoms with Crippen molar-refractivity contribution in [2.75, 3.05) is 23.4 Å². The second kappa shape index (κ2) is 10.4. The molecule has 1 saturated heterocycles. The largest absolute Gasteiger partial charge is 0.462 e. The summed E-state index contributed by atoms with van der Waals surface area (Å²) in [5, 5.41) is 2.88. The van der Waals surface area contributed by atoms with Crippen LogP contribution in [0.25, 0.3) is 0 Å². The summed E-state index contributed by atoms with van der Waals surface area (Å²) < 4.78 is 5.23. The number of nitrogens with zero attached hydrogens (tertiary/aromatic N) is 1. The minimum Gasteiger partial charge on any atom is -0.462 e. The highest BCUT2D eigenvalue weighted by Crippen LogP contribution is 2.32. The first kappa shape index (κ1) is 23.5. The smallest absolute Gasteiger partial charge is 0.338 e. The molecular weight excluding hydrogens is 404 g/mol. The minimum atomic E-state index is -0.423. The number of rotatable bonds is 8. The highest BCUT2D eigenvalue weighted by Gasteiger charge is 2.36. The minimum absolute atomic E-state index is 0.0241. The number of benzene rings is 2. The van der Waals surface area contributed by atoms with Crippen LogP contribution >= 0.6 is 0 Å². The molecule has 1 N–H and O–H groups in total. The van der Waals surface area contributed by atoms with E-state index >= 15 is 0 Å². The van der Waals surface area contributed by atoms with Crippen molar-refractivity contribution in [3.05, 3.63) is 59.2 Å². The highest BCUT2D eigenvalue weighted by molar-refractivity contribution is 6.04. The van der Waals surface area contributed by atoms with E-state index in [1.807, 2.05) is 32.0 Å². The molecule has 6 nitrogen and oxygen atoms in total. The van der Waals surface area contributed by atoms with Gasteiger partial charge in [-0.15, -0.1) is 0 Å². The van der Waals surface area contributed by atoms with E-state index in [9.17, 15) is 14.4 Å². The van der Waals surface area contributed by atoms with Crippen LogP contribution in [0, 0.1) is 11.8 Å². The Balaban J connectivity index is 1.66. The first-order valence-electron chi connectivity index (χ1n) is 11.3. The number of amides is 2. The summed E-state index contributed by atoms with van der Waals surface area (Å²) in [5.41, 5.74) is 4.23. The van der Waals surface area contributed by atoms with Crippen molar-refractivity contribution >= 4 is 29.2 Å². The number of anilines is 2. The van der Waals surface area contributed by atoms with Crippen LogP contribution in [0.1, 0.15) is 55.6 Å². The molecule has 0 saturated carbocycles. The molecule has 1 aliphatic heterocycles. The molecule has 0 aliphatic carbocycles. The van der Waals surface area contributed by atoms with Gasteiger partial charge in [-0.2, -0.15) is 0 Å². The molecule has 2 aromatic carbocycles. The number of ether oxygens (including phenoxy) is 1. The normalized spacial score (nSPS) is 15.8. The van der Waals surface area contributed by atoms with Gasteiger partial charge in [-0.05, 0) is 54.2 Å². The molecule has 0 aromatic heterocycles. The Morgan fingerprint density at radius 3 is 2.25 bits per heavy atom. The van der Waals surface area contributed by atoms with Crippen LogP contribution in [0.4, 0.5) is 11.4 Å². The van der Waals surface area contributed by atoms with Crippen molar-refractivity contribution in [3.8, 4) is 0 Å². The number of hydrogen-bond acceptors (Lipinski definition) is 4. The fraction of sp³-hybridized carbons (Fsp3) is 0.423. The summed E-state index contributed by atoms with van der Waals surface area (Å²) in [5.74, 6) is -0.751. The van der Waals surface area contributed by atoms with Gasteiger partial charge >= 0.3 is 5.97 Å². The third-order valence-corrected chi connectivity index (χ3v) is 5.67. The van der Waals surface area contributed by atoms with Gasteiger partial charge < -0.3 is 15.0 Å². The van der Waals surface area contributed by atoms with Crippen molar-refractivity contribution in [2.24, 2.45) is 11.8 Å². The van der Waals surface area contributed by atoms with Crippen molar-refractivity contribution in [3.63, 3.8) is 0 Å². The first-order valence-corrected chi connectivity index (χ1v) is 11.3. The fourth-order valence-electron chi connectivity index (χ4n) is 3.92. The molecule has 3 rings (SSSR count). The maximum atomic E-state index is 12.9. The number of nitrogens with one attached hydrogen (secondary N) is 1. The Kier molecular flexibility index (Phi) is 7.67. The van der Waals surface area contributed by atoms with E-state index in [0.29, 0.717) is 24.4 Å². The van der Waals surface area contributed by atoms with Crippen LogP contribution in [-0.4, -0.2) is 30.9 Å². The average Bonchev–Trinajstić information content (AvgIpc) is 3.18. The standard InChI is InChI=1S/C26H32N2O4/c1-5-18-8-7-9-19(6-2)24(18)28-15-21(14-23(28)29)25(30)27-22-12-10-20(11-13-22)26(31)32-16-17(3)4/h7-13,17,21H,5-6,14-16H2,1-4H3,(H,27,30)/t21-/m0/s1. The lowest BCUT2D eigenvalue weighted by Gasteiger charge is -2.23. The summed E-state index contributed by atoms with van der Waals surface area (Å²) >= 11 is 0. The molecule has 170 valence electrons. The van der Waals surface area contributed by atoms with Gasteiger partial charge in [0.25, 0.3) is 0 Å². The molecule has 0 spiro atoms. The van der Waals surface area contributed by atoms with E-state index in [1.165, 1.54) is 0 Å². The van der Waals surface area contributed by atoms with Crippen LogP contribution in [0.3, 0.4) is 0 Å². The molecular formula is C26H32N2O4. The van der Waals surface area contributed by atoms with E-state index < -0.39 is 5.92 Å². The van der Waals surface area contributed by atoms with Crippen LogP contribution in [0.5, 0.6) is 0 Å². The molecule has 0 bridgehead atoms. The monoisotopic (exact) mass is 436 g/mol. The maximum Gasteiger partial charge on any atom is 0.338 e. The maximum absolute atomic E-state index is 12.9. The lowest BCUT2D eigenvalue weighted by Crippen LogP contribution is -2.29. The molecule has 1 atom stereocenters. The summed E-state index contributed by atoms with van der Waals surface area (Å²) in [6, 6.07) is 12.7. The quantitative estimate of drug-likeness (QED) is 0.613. The lowest BCUT2D eigenvalue weighted by molar-refractivity contribution is -0.122. The van der Waals surface area contributed by atoms with E-state index in [2.05, 4.69) is 19.2 Å². The predicted octanol–water partition coefficient (Wildman–Crippen LogP) is 4.62. The molecule has 2 aromatic rings. The summed E-state index contributed by atoms with van der Waals surface area (Å²) in [6.45, 7) is 8.84. The van der Waals surface area contributed by atoms with Gasteiger partial charge in [0.15, 0.2) is 0 Å². The second-order valence-electron chi connectivity index (χ2n) is 8.60. The van der Waals surface area contributed by atoms with Gasteiger partial charge in [0, 0.05) is 24.3 Å². The van der Waals surface area contributed by atoms with Gasteiger partial charge in [0.2, 0.25) is 11.8 Å². The number of hydrogen-bond donors (Lipinski definition) is 1. The SMILES string of the molecule is CCc1cccc(CC)c1N1C[C@@H](C(=O)Nc2ccc(C(=O)OCC(C)C)cc2)CC1=O. The van der Waals surface area contributed by atoms with Crippen LogP contribution in [-0.2, 0) is 27.2 Å². The topological polar surface area (TPSA) is 75.7 Å². The zero-order valence-corrected chi connectivity index (χ0v) is 19.3. The second-order valence-corrected chi connectivity index (χ2v) is 8.60. The Hall–Kier alpha value is -3.15. The molecule has 2 amide bonds.